The molecule has 0 aliphatic rings. The Balaban J connectivity index is 3.22. The van der Waals surface area contributed by atoms with Crippen molar-refractivity contribution in [2.75, 3.05) is 26.4 Å². The van der Waals surface area contributed by atoms with E-state index in [9.17, 15) is 9.59 Å². The Morgan fingerprint density at radius 2 is 0.667 bits per heavy atom. The van der Waals surface area contributed by atoms with Crippen LogP contribution in [0.1, 0.15) is 135 Å². The zero-order valence-electron chi connectivity index (χ0n) is 21.2. The maximum absolute atomic E-state index is 11.7. The number of aliphatic hydroxyl groups excluding tert-OH is 2. The molecule has 0 saturated carbocycles. The molecule has 0 amide bonds. The van der Waals surface area contributed by atoms with Gasteiger partial charge < -0.3 is 19.7 Å². The first-order valence-electron chi connectivity index (χ1n) is 13.7. The highest BCUT2D eigenvalue weighted by Crippen LogP contribution is 2.11. The van der Waals surface area contributed by atoms with Gasteiger partial charge in [0, 0.05) is 26.1 Å². The predicted octanol–water partition coefficient (Wildman–Crippen LogP) is 6.25. The summed E-state index contributed by atoms with van der Waals surface area (Å²) in [5.74, 6) is -0.143. The molecule has 196 valence electrons. The van der Waals surface area contributed by atoms with Gasteiger partial charge in [-0.1, -0.05) is 83.5 Å². The van der Waals surface area contributed by atoms with Gasteiger partial charge in [0.1, 0.15) is 0 Å². The summed E-state index contributed by atoms with van der Waals surface area (Å²) in [7, 11) is 0. The first-order valence-corrected chi connectivity index (χ1v) is 13.7. The molecule has 0 aliphatic carbocycles. The molecule has 0 rings (SSSR count). The lowest BCUT2D eigenvalue weighted by molar-refractivity contribution is -0.144. The van der Waals surface area contributed by atoms with Crippen LogP contribution >= 0.6 is 0 Å². The zero-order valence-corrected chi connectivity index (χ0v) is 21.2. The maximum atomic E-state index is 11.7. The topological polar surface area (TPSA) is 93.1 Å². The van der Waals surface area contributed by atoms with Crippen molar-refractivity contribution in [1.29, 1.82) is 0 Å². The number of rotatable bonds is 26. The third-order valence-corrected chi connectivity index (χ3v) is 5.89. The van der Waals surface area contributed by atoms with Crippen LogP contribution < -0.4 is 0 Å². The van der Waals surface area contributed by atoms with Crippen molar-refractivity contribution in [3.8, 4) is 0 Å². The van der Waals surface area contributed by atoms with Crippen LogP contribution in [-0.4, -0.2) is 48.6 Å². The summed E-state index contributed by atoms with van der Waals surface area (Å²) < 4.78 is 10.6. The van der Waals surface area contributed by atoms with Gasteiger partial charge in [-0.2, -0.15) is 0 Å². The van der Waals surface area contributed by atoms with Gasteiger partial charge in [0.25, 0.3) is 0 Å². The summed E-state index contributed by atoms with van der Waals surface area (Å²) in [6.45, 7) is 1.62. The molecule has 0 radical (unpaired) electrons. The first-order chi connectivity index (χ1) is 16.2. The van der Waals surface area contributed by atoms with Gasteiger partial charge in [-0.3, -0.25) is 9.59 Å². The molecule has 6 heteroatoms. The number of unbranched alkanes of at least 4 members (excludes halogenated alkanes) is 16. The third kappa shape index (κ3) is 27.0. The van der Waals surface area contributed by atoms with Crippen molar-refractivity contribution in [2.24, 2.45) is 0 Å². The minimum Gasteiger partial charge on any atom is -0.466 e. The van der Waals surface area contributed by atoms with Crippen LogP contribution in [0.4, 0.5) is 0 Å². The smallest absolute Gasteiger partial charge is 0.305 e. The SMILES string of the molecule is O=C(CCCCCCCCO)OCCCCCCCCCOC(=O)CCCCCCCCO. The molecule has 2 N–H and O–H groups in total. The average Bonchev–Trinajstić information content (AvgIpc) is 2.81. The fraction of sp³-hybridized carbons (Fsp3) is 0.926. The van der Waals surface area contributed by atoms with Crippen LogP contribution in [0.2, 0.25) is 0 Å². The summed E-state index contributed by atoms with van der Waals surface area (Å²) in [4.78, 5) is 23.4. The van der Waals surface area contributed by atoms with E-state index in [0.717, 1.165) is 116 Å². The van der Waals surface area contributed by atoms with Gasteiger partial charge in [0.2, 0.25) is 0 Å². The fourth-order valence-electron chi connectivity index (χ4n) is 3.78. The van der Waals surface area contributed by atoms with Crippen molar-refractivity contribution in [3.63, 3.8) is 0 Å². The van der Waals surface area contributed by atoms with E-state index in [4.69, 9.17) is 19.7 Å². The van der Waals surface area contributed by atoms with E-state index in [1.807, 2.05) is 0 Å². The van der Waals surface area contributed by atoms with Crippen LogP contribution in [0, 0.1) is 0 Å². The number of esters is 2. The largest absolute Gasteiger partial charge is 0.466 e. The molecule has 6 nitrogen and oxygen atoms in total. The second-order valence-corrected chi connectivity index (χ2v) is 9.11. The molecule has 0 fully saturated rings. The Hall–Kier alpha value is -1.14. The molecule has 0 aromatic heterocycles. The molecule has 0 aromatic rings. The normalized spacial score (nSPS) is 11.0. The van der Waals surface area contributed by atoms with E-state index in [2.05, 4.69) is 0 Å². The van der Waals surface area contributed by atoms with Gasteiger partial charge in [0.05, 0.1) is 13.2 Å². The fourth-order valence-corrected chi connectivity index (χ4v) is 3.78. The second kappa shape index (κ2) is 27.1. The Morgan fingerprint density at radius 3 is 1.00 bits per heavy atom. The Kier molecular flexibility index (Phi) is 26.2. The van der Waals surface area contributed by atoms with Crippen molar-refractivity contribution < 1.29 is 29.3 Å². The van der Waals surface area contributed by atoms with E-state index in [1.54, 1.807) is 0 Å². The Labute approximate surface area is 202 Å². The quantitative estimate of drug-likeness (QED) is 0.114. The van der Waals surface area contributed by atoms with Crippen LogP contribution in [0.3, 0.4) is 0 Å². The molecule has 0 heterocycles. The number of ether oxygens (including phenoxy) is 2. The van der Waals surface area contributed by atoms with Crippen LogP contribution in [0.15, 0.2) is 0 Å². The van der Waals surface area contributed by atoms with Crippen LogP contribution in [0.25, 0.3) is 0 Å². The first kappa shape index (κ1) is 31.9. The number of hydrogen-bond acceptors (Lipinski definition) is 6. The molecular weight excluding hydrogens is 420 g/mol. The molecule has 0 aromatic carbocycles. The minimum absolute atomic E-state index is 0.0713. The lowest BCUT2D eigenvalue weighted by Crippen LogP contribution is -2.06. The van der Waals surface area contributed by atoms with Crippen LogP contribution in [-0.2, 0) is 19.1 Å². The van der Waals surface area contributed by atoms with Crippen molar-refractivity contribution >= 4 is 11.9 Å². The highest BCUT2D eigenvalue weighted by atomic mass is 16.5. The number of carbonyl (C=O) groups is 2. The van der Waals surface area contributed by atoms with Gasteiger partial charge in [0.15, 0.2) is 0 Å². The standard InChI is InChI=1S/C27H52O6/c28-22-16-10-4-2-8-14-20-26(30)32-24-18-12-6-1-7-13-19-25-33-27(31)21-15-9-3-5-11-17-23-29/h28-29H,1-25H2. The monoisotopic (exact) mass is 472 g/mol. The molecule has 0 aliphatic heterocycles. The van der Waals surface area contributed by atoms with E-state index in [1.165, 1.54) is 6.42 Å². The van der Waals surface area contributed by atoms with Crippen molar-refractivity contribution in [1.82, 2.24) is 0 Å². The van der Waals surface area contributed by atoms with Gasteiger partial charge in [-0.15, -0.1) is 0 Å². The number of aliphatic hydroxyl groups is 2. The maximum Gasteiger partial charge on any atom is 0.305 e. The summed E-state index contributed by atoms with van der Waals surface area (Å²) >= 11 is 0. The van der Waals surface area contributed by atoms with Gasteiger partial charge >= 0.3 is 11.9 Å². The number of carbonyl (C=O) groups excluding carboxylic acids is 2. The Bertz CT molecular complexity index is 389. The molecule has 33 heavy (non-hydrogen) atoms. The van der Waals surface area contributed by atoms with E-state index >= 15 is 0 Å². The highest BCUT2D eigenvalue weighted by Gasteiger charge is 2.04. The molecule has 0 unspecified atom stereocenters. The summed E-state index contributed by atoms with van der Waals surface area (Å²) in [6.07, 6.45) is 20.9. The molecule has 0 spiro atoms. The van der Waals surface area contributed by atoms with E-state index < -0.39 is 0 Å². The highest BCUT2D eigenvalue weighted by molar-refractivity contribution is 5.69. The van der Waals surface area contributed by atoms with Crippen molar-refractivity contribution in [3.05, 3.63) is 0 Å². The molecular formula is C27H52O6. The lowest BCUT2D eigenvalue weighted by Gasteiger charge is -2.06. The Morgan fingerprint density at radius 1 is 0.394 bits per heavy atom. The third-order valence-electron chi connectivity index (χ3n) is 5.89. The van der Waals surface area contributed by atoms with Crippen LogP contribution in [0.5, 0.6) is 0 Å². The zero-order chi connectivity index (χ0) is 24.2. The number of hydrogen-bond donors (Lipinski definition) is 2. The second-order valence-electron chi connectivity index (χ2n) is 9.11. The molecule has 0 saturated heterocycles. The predicted molar refractivity (Wildman–Crippen MR) is 133 cm³/mol. The molecule has 0 bridgehead atoms. The minimum atomic E-state index is -0.0713. The average molecular weight is 473 g/mol. The van der Waals surface area contributed by atoms with Crippen molar-refractivity contribution in [2.45, 2.75) is 135 Å². The van der Waals surface area contributed by atoms with E-state index in [-0.39, 0.29) is 25.2 Å². The summed E-state index contributed by atoms with van der Waals surface area (Å²) in [5.41, 5.74) is 0. The van der Waals surface area contributed by atoms with Gasteiger partial charge in [-0.25, -0.2) is 0 Å². The van der Waals surface area contributed by atoms with Gasteiger partial charge in [-0.05, 0) is 38.5 Å². The lowest BCUT2D eigenvalue weighted by atomic mass is 10.1. The van der Waals surface area contributed by atoms with E-state index in [0.29, 0.717) is 26.1 Å². The molecule has 0 atom stereocenters. The summed E-state index contributed by atoms with van der Waals surface area (Å²) in [5, 5.41) is 17.4. The summed E-state index contributed by atoms with van der Waals surface area (Å²) in [6, 6.07) is 0.